The Balaban J connectivity index is 2.63. The first kappa shape index (κ1) is 11.4. The summed E-state index contributed by atoms with van der Waals surface area (Å²) in [6.07, 6.45) is 2.73. The lowest BCUT2D eigenvalue weighted by atomic mass is 10.1. The first-order chi connectivity index (χ1) is 6.74. The van der Waals surface area contributed by atoms with Crippen LogP contribution >= 0.6 is 0 Å². The lowest BCUT2D eigenvalue weighted by molar-refractivity contribution is -0.127. The minimum atomic E-state index is -0.195. The number of likely N-dealkylation sites (tertiary alicyclic amines) is 1. The number of hydrazine groups is 1. The molecule has 82 valence electrons. The molecule has 0 aliphatic carbocycles. The largest absolute Gasteiger partial charge is 0.395 e. The zero-order valence-corrected chi connectivity index (χ0v) is 8.57. The van der Waals surface area contributed by atoms with Crippen LogP contribution in [0.3, 0.4) is 0 Å². The SMILES string of the molecule is CCC(C(=O)NN)N1CCCC1CO. The molecule has 1 aliphatic rings. The van der Waals surface area contributed by atoms with E-state index < -0.39 is 0 Å². The summed E-state index contributed by atoms with van der Waals surface area (Å²) in [4.78, 5) is 13.5. The standard InChI is InChI=1S/C9H19N3O2/c1-2-8(9(14)11-10)12-5-3-4-7(12)6-13/h7-8,13H,2-6,10H2,1H3,(H,11,14). The topological polar surface area (TPSA) is 78.6 Å². The Bertz CT molecular complexity index is 198. The van der Waals surface area contributed by atoms with Crippen LogP contribution in [0.15, 0.2) is 0 Å². The van der Waals surface area contributed by atoms with Gasteiger partial charge >= 0.3 is 0 Å². The van der Waals surface area contributed by atoms with E-state index in [0.29, 0.717) is 0 Å². The van der Waals surface area contributed by atoms with Crippen molar-refractivity contribution in [2.75, 3.05) is 13.2 Å². The van der Waals surface area contributed by atoms with Gasteiger partial charge in [0.25, 0.3) is 5.91 Å². The first-order valence-corrected chi connectivity index (χ1v) is 5.11. The van der Waals surface area contributed by atoms with Crippen LogP contribution in [0.4, 0.5) is 0 Å². The third kappa shape index (κ3) is 2.23. The van der Waals surface area contributed by atoms with Gasteiger partial charge in [-0.3, -0.25) is 15.1 Å². The molecule has 0 radical (unpaired) electrons. The molecular weight excluding hydrogens is 182 g/mol. The molecule has 5 nitrogen and oxygen atoms in total. The zero-order valence-electron chi connectivity index (χ0n) is 8.57. The Kier molecular flexibility index (Phi) is 4.31. The molecule has 1 fully saturated rings. The Hall–Kier alpha value is -0.650. The second-order valence-electron chi connectivity index (χ2n) is 3.65. The molecule has 1 amide bonds. The molecule has 1 heterocycles. The van der Waals surface area contributed by atoms with Crippen molar-refractivity contribution in [3.8, 4) is 0 Å². The van der Waals surface area contributed by atoms with Crippen LogP contribution in [0, 0.1) is 0 Å². The number of carbonyl (C=O) groups excluding carboxylic acids is 1. The Morgan fingerprint density at radius 2 is 2.50 bits per heavy atom. The van der Waals surface area contributed by atoms with E-state index in [-0.39, 0.29) is 24.6 Å². The molecule has 0 aromatic heterocycles. The molecule has 1 rings (SSSR count). The fourth-order valence-corrected chi connectivity index (χ4v) is 2.13. The smallest absolute Gasteiger partial charge is 0.251 e. The number of nitrogens with two attached hydrogens (primary N) is 1. The van der Waals surface area contributed by atoms with Crippen molar-refractivity contribution in [1.82, 2.24) is 10.3 Å². The molecule has 2 atom stereocenters. The van der Waals surface area contributed by atoms with Gasteiger partial charge in [-0.15, -0.1) is 0 Å². The zero-order chi connectivity index (χ0) is 10.6. The lowest BCUT2D eigenvalue weighted by Gasteiger charge is -2.29. The van der Waals surface area contributed by atoms with Crippen molar-refractivity contribution in [2.24, 2.45) is 5.84 Å². The van der Waals surface area contributed by atoms with Crippen LogP contribution in [0.25, 0.3) is 0 Å². The van der Waals surface area contributed by atoms with E-state index in [9.17, 15) is 4.79 Å². The van der Waals surface area contributed by atoms with Crippen LogP contribution in [-0.4, -0.2) is 41.1 Å². The quantitative estimate of drug-likeness (QED) is 0.316. The van der Waals surface area contributed by atoms with E-state index >= 15 is 0 Å². The number of nitrogens with one attached hydrogen (secondary N) is 1. The summed E-state index contributed by atoms with van der Waals surface area (Å²) in [6.45, 7) is 2.94. The molecule has 0 aromatic carbocycles. The summed E-state index contributed by atoms with van der Waals surface area (Å²) in [5.74, 6) is 4.95. The predicted molar refractivity (Wildman–Crippen MR) is 53.2 cm³/mol. The highest BCUT2D eigenvalue weighted by molar-refractivity contribution is 5.81. The van der Waals surface area contributed by atoms with Gasteiger partial charge in [-0.1, -0.05) is 6.92 Å². The van der Waals surface area contributed by atoms with Gasteiger partial charge in [0.15, 0.2) is 0 Å². The van der Waals surface area contributed by atoms with Gasteiger partial charge in [-0.2, -0.15) is 0 Å². The van der Waals surface area contributed by atoms with Gasteiger partial charge in [-0.05, 0) is 25.8 Å². The van der Waals surface area contributed by atoms with Crippen LogP contribution in [0.2, 0.25) is 0 Å². The number of aliphatic hydroxyl groups is 1. The summed E-state index contributed by atoms with van der Waals surface area (Å²) >= 11 is 0. The fraction of sp³-hybridized carbons (Fsp3) is 0.889. The molecular formula is C9H19N3O2. The van der Waals surface area contributed by atoms with Crippen molar-refractivity contribution >= 4 is 5.91 Å². The van der Waals surface area contributed by atoms with E-state index in [1.165, 1.54) is 0 Å². The van der Waals surface area contributed by atoms with E-state index in [2.05, 4.69) is 5.43 Å². The minimum absolute atomic E-state index is 0.119. The maximum absolute atomic E-state index is 11.4. The second kappa shape index (κ2) is 5.29. The average Bonchev–Trinajstić information content (AvgIpc) is 2.66. The monoisotopic (exact) mass is 201 g/mol. The van der Waals surface area contributed by atoms with Gasteiger partial charge in [0.2, 0.25) is 0 Å². The summed E-state index contributed by atoms with van der Waals surface area (Å²) in [5, 5.41) is 9.13. The van der Waals surface area contributed by atoms with Crippen LogP contribution in [-0.2, 0) is 4.79 Å². The molecule has 0 saturated carbocycles. The lowest BCUT2D eigenvalue weighted by Crippen LogP contribution is -2.51. The van der Waals surface area contributed by atoms with Crippen molar-refractivity contribution in [2.45, 2.75) is 38.3 Å². The van der Waals surface area contributed by atoms with Gasteiger partial charge in [0.1, 0.15) is 0 Å². The number of nitrogens with zero attached hydrogens (tertiary/aromatic N) is 1. The molecule has 0 spiro atoms. The molecule has 2 unspecified atom stereocenters. The number of carbonyl (C=O) groups is 1. The number of hydrogen-bond donors (Lipinski definition) is 3. The third-order valence-corrected chi connectivity index (χ3v) is 2.87. The van der Waals surface area contributed by atoms with E-state index in [1.54, 1.807) is 0 Å². The normalized spacial score (nSPS) is 24.9. The molecule has 14 heavy (non-hydrogen) atoms. The molecule has 0 bridgehead atoms. The second-order valence-corrected chi connectivity index (χ2v) is 3.65. The average molecular weight is 201 g/mol. The Morgan fingerprint density at radius 1 is 1.79 bits per heavy atom. The van der Waals surface area contributed by atoms with Crippen molar-refractivity contribution in [3.05, 3.63) is 0 Å². The fourth-order valence-electron chi connectivity index (χ4n) is 2.13. The van der Waals surface area contributed by atoms with E-state index in [1.807, 2.05) is 11.8 Å². The Morgan fingerprint density at radius 3 is 3.00 bits per heavy atom. The summed E-state index contributed by atoms with van der Waals surface area (Å²) in [5.41, 5.74) is 2.18. The number of amides is 1. The highest BCUT2D eigenvalue weighted by Gasteiger charge is 2.32. The highest BCUT2D eigenvalue weighted by Crippen LogP contribution is 2.21. The van der Waals surface area contributed by atoms with Crippen LogP contribution < -0.4 is 11.3 Å². The number of rotatable bonds is 4. The van der Waals surface area contributed by atoms with E-state index in [0.717, 1.165) is 25.8 Å². The molecule has 1 aliphatic heterocycles. The summed E-state index contributed by atoms with van der Waals surface area (Å²) in [7, 11) is 0. The molecule has 0 aromatic rings. The van der Waals surface area contributed by atoms with Crippen molar-refractivity contribution in [1.29, 1.82) is 0 Å². The molecule has 1 saturated heterocycles. The van der Waals surface area contributed by atoms with Gasteiger partial charge in [-0.25, -0.2) is 5.84 Å². The first-order valence-electron chi connectivity index (χ1n) is 5.11. The van der Waals surface area contributed by atoms with Crippen LogP contribution in [0.1, 0.15) is 26.2 Å². The van der Waals surface area contributed by atoms with Crippen molar-refractivity contribution < 1.29 is 9.90 Å². The number of hydrogen-bond acceptors (Lipinski definition) is 4. The van der Waals surface area contributed by atoms with Gasteiger partial charge in [0, 0.05) is 6.04 Å². The van der Waals surface area contributed by atoms with Crippen molar-refractivity contribution in [3.63, 3.8) is 0 Å². The summed E-state index contributed by atoms with van der Waals surface area (Å²) in [6, 6.07) is -0.0723. The maximum Gasteiger partial charge on any atom is 0.251 e. The van der Waals surface area contributed by atoms with Gasteiger partial charge in [0.05, 0.1) is 12.6 Å². The molecule has 4 N–H and O–H groups in total. The highest BCUT2D eigenvalue weighted by atomic mass is 16.3. The molecule has 5 heteroatoms. The Labute approximate surface area is 84.2 Å². The van der Waals surface area contributed by atoms with Crippen LogP contribution in [0.5, 0.6) is 0 Å². The summed E-state index contributed by atoms with van der Waals surface area (Å²) < 4.78 is 0. The number of aliphatic hydroxyl groups excluding tert-OH is 1. The predicted octanol–water partition coefficient (Wildman–Crippen LogP) is -0.788. The maximum atomic E-state index is 11.4. The minimum Gasteiger partial charge on any atom is -0.395 e. The van der Waals surface area contributed by atoms with Gasteiger partial charge < -0.3 is 5.11 Å². The third-order valence-electron chi connectivity index (χ3n) is 2.87. The van der Waals surface area contributed by atoms with E-state index in [4.69, 9.17) is 10.9 Å².